The topological polar surface area (TPSA) is 18.5 Å². The Hall–Kier alpha value is -1.03. The molecule has 4 aromatic carbocycles. The quantitative estimate of drug-likeness (QED) is 0.214. The standard InChI is InChI=1S/C13H9.C9H15O2Si.C3H6.2ClH.Zr/c1-3-7-12-10(5-1)9-11-6-2-4-8-13(11)12;1-12(2,3)11-8-10-9-6-4-5-7-9;1-3-2;;;/h1-9H;4-7H,8H2,1-3H3;1-2H3;2*1H;/q2*-1;;;;+2/p-2. The number of benzene rings is 2. The van der Waals surface area contributed by atoms with E-state index in [1.165, 1.54) is 24.8 Å². The monoisotopic (exact) mass is 550 g/mol. The fourth-order valence-corrected chi connectivity index (χ4v) is 3.04. The summed E-state index contributed by atoms with van der Waals surface area (Å²) in [5.41, 5.74) is 0. The largest absolute Gasteiger partial charge is 1.00 e. The van der Waals surface area contributed by atoms with E-state index in [2.05, 4.69) is 88.1 Å². The molecule has 0 saturated carbocycles. The Morgan fingerprint density at radius 2 is 1.32 bits per heavy atom. The van der Waals surface area contributed by atoms with Crippen LogP contribution in [0.1, 0.15) is 13.8 Å². The van der Waals surface area contributed by atoms with E-state index in [1.807, 2.05) is 24.3 Å². The second kappa shape index (κ2) is 14.9. The Kier molecular flexibility index (Phi) is 14.4. The van der Waals surface area contributed by atoms with Gasteiger partial charge >= 0.3 is 41.3 Å². The Morgan fingerprint density at radius 1 is 0.839 bits per heavy atom. The van der Waals surface area contributed by atoms with E-state index in [1.54, 1.807) is 24.2 Å². The molecule has 4 aromatic rings. The maximum atomic E-state index is 5.52. The van der Waals surface area contributed by atoms with Crippen LogP contribution >= 0.6 is 0 Å². The van der Waals surface area contributed by atoms with Crippen LogP contribution in [0.3, 0.4) is 0 Å². The zero-order valence-electron chi connectivity index (χ0n) is 18.8. The molecule has 2 nitrogen and oxygen atoms in total. The number of rotatable bonds is 4. The summed E-state index contributed by atoms with van der Waals surface area (Å²) in [7, 11) is -1.42. The first-order valence-electron chi connectivity index (χ1n) is 9.79. The summed E-state index contributed by atoms with van der Waals surface area (Å²) in [5.74, 6) is 0.883. The van der Waals surface area contributed by atoms with Crippen LogP contribution in [0.25, 0.3) is 21.5 Å². The predicted molar refractivity (Wildman–Crippen MR) is 125 cm³/mol. The van der Waals surface area contributed by atoms with E-state index in [4.69, 9.17) is 9.16 Å². The third-order valence-corrected chi connectivity index (χ3v) is 4.86. The number of hydrogen-bond acceptors (Lipinski definition) is 2. The summed E-state index contributed by atoms with van der Waals surface area (Å²) in [5, 5.41) is 5.39. The minimum Gasteiger partial charge on any atom is -1.00 e. The SMILES string of the molecule is C[C](C)=[Zr+2].C[Si](C)(C)OCOc1ccc[cH-]1.[Cl-].[Cl-].c1ccc2c(c1)[cH-]c1ccccc12. The summed E-state index contributed by atoms with van der Waals surface area (Å²) in [4.78, 5) is 0. The van der Waals surface area contributed by atoms with Crippen molar-refractivity contribution in [2.75, 3.05) is 6.79 Å². The number of hydrogen-bond donors (Lipinski definition) is 0. The second-order valence-corrected chi connectivity index (χ2v) is 14.9. The maximum absolute atomic E-state index is 5.52. The van der Waals surface area contributed by atoms with Crippen LogP contribution in [0, 0.1) is 0 Å². The van der Waals surface area contributed by atoms with Crippen LogP contribution in [-0.4, -0.2) is 18.3 Å². The average molecular weight is 553 g/mol. The van der Waals surface area contributed by atoms with Gasteiger partial charge in [-0.3, -0.25) is 0 Å². The Morgan fingerprint density at radius 3 is 1.74 bits per heavy atom. The molecule has 166 valence electrons. The molecule has 0 heterocycles. The van der Waals surface area contributed by atoms with Crippen molar-refractivity contribution in [1.29, 1.82) is 0 Å². The molecule has 0 unspecified atom stereocenters. The van der Waals surface area contributed by atoms with Gasteiger partial charge in [0.05, 0.1) is 0 Å². The summed E-state index contributed by atoms with van der Waals surface area (Å²) < 4.78 is 12.4. The first-order valence-corrected chi connectivity index (χ1v) is 14.4. The molecule has 6 heteroatoms. The third kappa shape index (κ3) is 11.4. The zero-order chi connectivity index (χ0) is 21.3. The van der Waals surface area contributed by atoms with Crippen LogP contribution in [0.2, 0.25) is 19.6 Å². The Bertz CT molecular complexity index is 967. The summed E-state index contributed by atoms with van der Waals surface area (Å²) in [6.45, 7) is 11.0. The first kappa shape index (κ1) is 30.0. The molecule has 0 radical (unpaired) electrons. The Labute approximate surface area is 214 Å². The number of ether oxygens (including phenoxy) is 1. The molecule has 0 aliphatic rings. The molecule has 0 amide bonds. The average Bonchev–Trinajstić information content (AvgIpc) is 3.28. The summed E-state index contributed by atoms with van der Waals surface area (Å²) >= 11 is 1.55. The molecular weight excluding hydrogens is 522 g/mol. The third-order valence-electron chi connectivity index (χ3n) is 3.87. The van der Waals surface area contributed by atoms with Crippen molar-refractivity contribution in [3.05, 3.63) is 78.9 Å². The molecule has 0 aliphatic heterocycles. The van der Waals surface area contributed by atoms with Crippen LogP contribution in [0.5, 0.6) is 5.75 Å². The van der Waals surface area contributed by atoms with Crippen molar-refractivity contribution in [2.45, 2.75) is 33.5 Å². The van der Waals surface area contributed by atoms with Crippen molar-refractivity contribution in [2.24, 2.45) is 0 Å². The summed E-state index contributed by atoms with van der Waals surface area (Å²) in [6, 6.07) is 27.0. The van der Waals surface area contributed by atoms with Gasteiger partial charge in [-0.25, -0.2) is 6.07 Å². The number of fused-ring (bicyclic) bond motifs is 3. The number of halogens is 2. The van der Waals surface area contributed by atoms with Crippen molar-refractivity contribution >= 4 is 33.1 Å². The van der Waals surface area contributed by atoms with Gasteiger partial charge in [0.2, 0.25) is 0 Å². The molecule has 0 saturated heterocycles. The maximum Gasteiger partial charge on any atom is 0.188 e. The molecular formula is C25H30Cl2O2SiZr-2. The molecule has 31 heavy (non-hydrogen) atoms. The van der Waals surface area contributed by atoms with Crippen LogP contribution in [-0.2, 0) is 28.7 Å². The van der Waals surface area contributed by atoms with E-state index < -0.39 is 8.32 Å². The van der Waals surface area contributed by atoms with Gasteiger partial charge in [0.25, 0.3) is 0 Å². The van der Waals surface area contributed by atoms with E-state index in [0.717, 1.165) is 5.75 Å². The molecule has 0 fully saturated rings. The van der Waals surface area contributed by atoms with Crippen LogP contribution < -0.4 is 29.6 Å². The van der Waals surface area contributed by atoms with Gasteiger partial charge < -0.3 is 34.0 Å². The van der Waals surface area contributed by atoms with Crippen molar-refractivity contribution in [1.82, 2.24) is 0 Å². The molecule has 0 spiro atoms. The predicted octanol–water partition coefficient (Wildman–Crippen LogP) is 1.06. The van der Waals surface area contributed by atoms with Crippen molar-refractivity contribution in [3.63, 3.8) is 0 Å². The van der Waals surface area contributed by atoms with E-state index >= 15 is 0 Å². The van der Waals surface area contributed by atoms with Gasteiger partial charge in [-0.15, -0.1) is 45.8 Å². The molecule has 4 rings (SSSR count). The minimum absolute atomic E-state index is 0. The van der Waals surface area contributed by atoms with E-state index in [9.17, 15) is 0 Å². The fraction of sp³-hybridized carbons (Fsp3) is 0.240. The van der Waals surface area contributed by atoms with E-state index in [0.29, 0.717) is 6.79 Å². The van der Waals surface area contributed by atoms with Gasteiger partial charge in [0, 0.05) is 5.75 Å². The summed E-state index contributed by atoms with van der Waals surface area (Å²) in [6.07, 6.45) is 0. The molecule has 0 atom stereocenters. The minimum atomic E-state index is -1.42. The Balaban J connectivity index is 0.000000473. The van der Waals surface area contributed by atoms with Gasteiger partial charge in [-0.05, 0) is 19.6 Å². The van der Waals surface area contributed by atoms with Gasteiger partial charge in [-0.1, -0.05) is 36.4 Å². The van der Waals surface area contributed by atoms with E-state index in [-0.39, 0.29) is 24.8 Å². The molecule has 0 bridgehead atoms. The second-order valence-electron chi connectivity index (χ2n) is 7.96. The smallest absolute Gasteiger partial charge is 0.188 e. The van der Waals surface area contributed by atoms with Gasteiger partial charge in [0.1, 0.15) is 0 Å². The zero-order valence-corrected chi connectivity index (χ0v) is 23.8. The van der Waals surface area contributed by atoms with Gasteiger partial charge in [0.15, 0.2) is 15.1 Å². The normalized spacial score (nSPS) is 10.0. The molecule has 0 aliphatic carbocycles. The van der Waals surface area contributed by atoms with Crippen molar-refractivity contribution < 1.29 is 58.2 Å². The van der Waals surface area contributed by atoms with Gasteiger partial charge in [-0.2, -0.15) is 12.1 Å². The molecule has 0 aromatic heterocycles. The van der Waals surface area contributed by atoms with Crippen molar-refractivity contribution in [3.8, 4) is 5.75 Å². The van der Waals surface area contributed by atoms with Crippen LogP contribution in [0.4, 0.5) is 0 Å². The molecule has 0 N–H and O–H groups in total. The first-order chi connectivity index (χ1) is 13.8. The van der Waals surface area contributed by atoms with Crippen LogP contribution in [0.15, 0.2) is 78.9 Å². The fourth-order valence-electron chi connectivity index (χ4n) is 2.63.